The van der Waals surface area contributed by atoms with Crippen LogP contribution in [0.25, 0.3) is 0 Å². The van der Waals surface area contributed by atoms with Crippen molar-refractivity contribution in [1.29, 1.82) is 0 Å². The van der Waals surface area contributed by atoms with Gasteiger partial charge in [0, 0.05) is 18.8 Å². The molecule has 0 bridgehead atoms. The maximum atomic E-state index is 11.4. The highest BCUT2D eigenvalue weighted by molar-refractivity contribution is 8.00. The summed E-state index contributed by atoms with van der Waals surface area (Å²) in [7, 11) is 1.67. The van der Waals surface area contributed by atoms with E-state index in [1.54, 1.807) is 7.05 Å². The van der Waals surface area contributed by atoms with E-state index in [4.69, 9.17) is 0 Å². The van der Waals surface area contributed by atoms with Crippen molar-refractivity contribution in [2.24, 2.45) is 0 Å². The number of amides is 2. The van der Waals surface area contributed by atoms with Crippen molar-refractivity contribution in [2.45, 2.75) is 31.7 Å². The molecule has 0 radical (unpaired) electrons. The Labute approximate surface area is 77.9 Å². The van der Waals surface area contributed by atoms with Crippen molar-refractivity contribution in [1.82, 2.24) is 10.2 Å². The number of hydrogen-bond acceptors (Lipinski definition) is 2. The van der Waals surface area contributed by atoms with Gasteiger partial charge in [-0.2, -0.15) is 0 Å². The van der Waals surface area contributed by atoms with Crippen molar-refractivity contribution in [3.63, 3.8) is 0 Å². The van der Waals surface area contributed by atoms with Gasteiger partial charge in [0.05, 0.1) is 4.87 Å². The third-order valence-corrected chi connectivity index (χ3v) is 3.68. The molecule has 1 heterocycles. The number of nitrogens with zero attached hydrogens (tertiary/aromatic N) is 1. The Balaban J connectivity index is 2.78. The zero-order valence-corrected chi connectivity index (χ0v) is 8.86. The Kier molecular flexibility index (Phi) is 2.56. The van der Waals surface area contributed by atoms with Gasteiger partial charge in [-0.15, -0.1) is 11.8 Å². The number of thioether (sulfide) groups is 1. The lowest BCUT2D eigenvalue weighted by Gasteiger charge is -2.32. The molecule has 0 spiro atoms. The average Bonchev–Trinajstić information content (AvgIpc) is 2.25. The van der Waals surface area contributed by atoms with E-state index >= 15 is 0 Å². The Morgan fingerprint density at radius 1 is 1.67 bits per heavy atom. The van der Waals surface area contributed by atoms with Gasteiger partial charge in [-0.25, -0.2) is 4.79 Å². The van der Waals surface area contributed by atoms with Crippen LogP contribution in [0.3, 0.4) is 0 Å². The second-order valence-electron chi connectivity index (χ2n) is 3.53. The quantitative estimate of drug-likeness (QED) is 0.625. The highest BCUT2D eigenvalue weighted by atomic mass is 32.2. The van der Waals surface area contributed by atoms with Gasteiger partial charge in [-0.1, -0.05) is 0 Å². The molecular formula is C8H16N2OS. The minimum atomic E-state index is -0.0560. The monoisotopic (exact) mass is 188 g/mol. The van der Waals surface area contributed by atoms with Crippen LogP contribution < -0.4 is 5.32 Å². The molecule has 1 saturated heterocycles. The third-order valence-electron chi connectivity index (χ3n) is 2.13. The van der Waals surface area contributed by atoms with Gasteiger partial charge in [-0.3, -0.25) is 0 Å². The molecule has 3 nitrogen and oxygen atoms in total. The molecule has 1 rings (SSSR count). The van der Waals surface area contributed by atoms with Crippen LogP contribution in [0.1, 0.15) is 20.8 Å². The number of carbonyl (C=O) groups excluding carboxylic acids is 1. The minimum absolute atomic E-state index is 0.0255. The predicted octanol–water partition coefficient (Wildman–Crippen LogP) is 1.50. The van der Waals surface area contributed by atoms with Gasteiger partial charge < -0.3 is 10.2 Å². The summed E-state index contributed by atoms with van der Waals surface area (Å²) in [6.07, 6.45) is 0. The van der Waals surface area contributed by atoms with E-state index in [2.05, 4.69) is 26.1 Å². The van der Waals surface area contributed by atoms with Gasteiger partial charge in [-0.05, 0) is 20.8 Å². The predicted molar refractivity (Wildman–Crippen MR) is 52.3 cm³/mol. The molecule has 1 fully saturated rings. The van der Waals surface area contributed by atoms with Crippen LogP contribution in [0.4, 0.5) is 4.79 Å². The Morgan fingerprint density at radius 3 is 2.58 bits per heavy atom. The maximum absolute atomic E-state index is 11.4. The van der Waals surface area contributed by atoms with Gasteiger partial charge in [0.2, 0.25) is 0 Å². The SMILES string of the molecule is CNC(=O)N1C(C)CSC1(C)C. The van der Waals surface area contributed by atoms with E-state index < -0.39 is 0 Å². The van der Waals surface area contributed by atoms with E-state index in [1.165, 1.54) is 0 Å². The first kappa shape index (κ1) is 9.71. The zero-order chi connectivity index (χ0) is 9.35. The summed E-state index contributed by atoms with van der Waals surface area (Å²) in [6, 6.07) is 0.363. The molecule has 0 aromatic heterocycles. The lowest BCUT2D eigenvalue weighted by molar-refractivity contribution is 0.165. The molecule has 70 valence electrons. The summed E-state index contributed by atoms with van der Waals surface area (Å²) in [5.74, 6) is 1.03. The number of carbonyl (C=O) groups is 1. The molecule has 0 aromatic carbocycles. The fraction of sp³-hybridized carbons (Fsp3) is 0.875. The fourth-order valence-corrected chi connectivity index (χ4v) is 2.76. The number of urea groups is 1. The van der Waals surface area contributed by atoms with Crippen molar-refractivity contribution < 1.29 is 4.79 Å². The summed E-state index contributed by atoms with van der Waals surface area (Å²) in [4.78, 5) is 13.3. The molecule has 1 aliphatic rings. The van der Waals surface area contributed by atoms with Crippen molar-refractivity contribution in [3.05, 3.63) is 0 Å². The van der Waals surface area contributed by atoms with E-state index in [1.807, 2.05) is 16.7 Å². The second-order valence-corrected chi connectivity index (χ2v) is 5.15. The third kappa shape index (κ3) is 1.53. The van der Waals surface area contributed by atoms with Crippen LogP contribution >= 0.6 is 11.8 Å². The minimum Gasteiger partial charge on any atom is -0.341 e. The summed E-state index contributed by atoms with van der Waals surface area (Å²) in [5.41, 5.74) is 0. The summed E-state index contributed by atoms with van der Waals surface area (Å²) in [6.45, 7) is 6.24. The summed E-state index contributed by atoms with van der Waals surface area (Å²) >= 11 is 1.82. The first-order valence-corrected chi connectivity index (χ1v) is 5.12. The number of nitrogens with one attached hydrogen (secondary N) is 1. The molecule has 0 saturated carbocycles. The molecule has 1 unspecified atom stereocenters. The highest BCUT2D eigenvalue weighted by Gasteiger charge is 2.40. The van der Waals surface area contributed by atoms with Crippen LogP contribution in [-0.2, 0) is 0 Å². The average molecular weight is 188 g/mol. The topological polar surface area (TPSA) is 32.3 Å². The largest absolute Gasteiger partial charge is 0.341 e. The molecule has 1 N–H and O–H groups in total. The molecule has 0 aromatic rings. The lowest BCUT2D eigenvalue weighted by Crippen LogP contribution is -2.49. The highest BCUT2D eigenvalue weighted by Crippen LogP contribution is 2.38. The molecule has 0 aliphatic carbocycles. The molecule has 1 atom stereocenters. The molecule has 2 amide bonds. The molecular weight excluding hydrogens is 172 g/mol. The number of hydrogen-bond donors (Lipinski definition) is 1. The van der Waals surface area contributed by atoms with Crippen molar-refractivity contribution in [2.75, 3.05) is 12.8 Å². The van der Waals surface area contributed by atoms with Gasteiger partial charge in [0.15, 0.2) is 0 Å². The van der Waals surface area contributed by atoms with E-state index in [0.29, 0.717) is 6.04 Å². The second kappa shape index (κ2) is 3.17. The molecule has 1 aliphatic heterocycles. The standard InChI is InChI=1S/C8H16N2OS/c1-6-5-12-8(2,3)10(6)7(11)9-4/h6H,5H2,1-4H3,(H,9,11). The normalized spacial score (nSPS) is 27.3. The first-order valence-electron chi connectivity index (χ1n) is 4.14. The van der Waals surface area contributed by atoms with E-state index in [-0.39, 0.29) is 10.9 Å². The van der Waals surface area contributed by atoms with Crippen LogP contribution in [0, 0.1) is 0 Å². The fourth-order valence-electron chi connectivity index (χ4n) is 1.56. The molecule has 12 heavy (non-hydrogen) atoms. The van der Waals surface area contributed by atoms with Crippen LogP contribution in [0.5, 0.6) is 0 Å². The molecule has 4 heteroatoms. The van der Waals surface area contributed by atoms with Crippen LogP contribution in [-0.4, -0.2) is 34.6 Å². The summed E-state index contributed by atoms with van der Waals surface area (Å²) < 4.78 is 0. The smallest absolute Gasteiger partial charge is 0.318 e. The van der Waals surface area contributed by atoms with Crippen LogP contribution in [0.15, 0.2) is 0 Å². The lowest BCUT2D eigenvalue weighted by atomic mass is 10.2. The zero-order valence-electron chi connectivity index (χ0n) is 8.05. The van der Waals surface area contributed by atoms with Crippen molar-refractivity contribution in [3.8, 4) is 0 Å². The Hall–Kier alpha value is -0.380. The van der Waals surface area contributed by atoms with Crippen LogP contribution in [0.2, 0.25) is 0 Å². The van der Waals surface area contributed by atoms with Gasteiger partial charge >= 0.3 is 6.03 Å². The van der Waals surface area contributed by atoms with E-state index in [0.717, 1.165) is 5.75 Å². The Bertz CT molecular complexity index is 193. The first-order chi connectivity index (χ1) is 5.49. The van der Waals surface area contributed by atoms with Gasteiger partial charge in [0.25, 0.3) is 0 Å². The van der Waals surface area contributed by atoms with Gasteiger partial charge in [0.1, 0.15) is 0 Å². The van der Waals surface area contributed by atoms with Crippen molar-refractivity contribution >= 4 is 17.8 Å². The number of rotatable bonds is 0. The summed E-state index contributed by atoms with van der Waals surface area (Å²) in [5, 5.41) is 2.67. The van der Waals surface area contributed by atoms with E-state index in [9.17, 15) is 4.79 Å². The maximum Gasteiger partial charge on any atom is 0.318 e. The Morgan fingerprint density at radius 2 is 2.25 bits per heavy atom.